The highest BCUT2D eigenvalue weighted by Crippen LogP contribution is 2.32. The molecule has 0 aromatic heterocycles. The molecule has 0 N–H and O–H groups in total. The van der Waals surface area contributed by atoms with Gasteiger partial charge in [-0.05, 0) is 33.6 Å². The Hall–Kier alpha value is -0.690. The molecule has 0 amide bonds. The molecule has 0 bridgehead atoms. The van der Waals surface area contributed by atoms with Gasteiger partial charge in [-0.25, -0.2) is 4.79 Å². The Labute approximate surface area is 113 Å². The number of carbonyl (C=O) groups is 1. The monoisotopic (exact) mass is 372 g/mol. The van der Waals surface area contributed by atoms with Gasteiger partial charge in [-0.15, -0.1) is 0 Å². The van der Waals surface area contributed by atoms with Crippen LogP contribution in [0.4, 0.5) is 8.78 Å². The minimum atomic E-state index is -2.96. The summed E-state index contributed by atoms with van der Waals surface area (Å²) in [5.74, 6) is -0.726. The van der Waals surface area contributed by atoms with E-state index in [4.69, 9.17) is 0 Å². The SMILES string of the molecule is COC(=O)c1cc(CBr)cc(OC(F)F)c1Br. The molecule has 0 spiro atoms. The first-order valence-corrected chi connectivity index (χ1v) is 6.32. The summed E-state index contributed by atoms with van der Waals surface area (Å²) in [6.45, 7) is -2.96. The zero-order valence-corrected chi connectivity index (χ0v) is 11.8. The highest BCUT2D eigenvalue weighted by molar-refractivity contribution is 9.10. The molecule has 0 aliphatic rings. The van der Waals surface area contributed by atoms with E-state index in [2.05, 4.69) is 41.3 Å². The van der Waals surface area contributed by atoms with Crippen LogP contribution in [0.2, 0.25) is 0 Å². The number of methoxy groups -OCH3 is 1. The van der Waals surface area contributed by atoms with Gasteiger partial charge in [0.15, 0.2) is 0 Å². The van der Waals surface area contributed by atoms with Crippen molar-refractivity contribution in [1.82, 2.24) is 0 Å². The van der Waals surface area contributed by atoms with Gasteiger partial charge in [0, 0.05) is 5.33 Å². The van der Waals surface area contributed by atoms with E-state index in [1.807, 2.05) is 0 Å². The number of ether oxygens (including phenoxy) is 2. The summed E-state index contributed by atoms with van der Waals surface area (Å²) in [5, 5.41) is 0.407. The van der Waals surface area contributed by atoms with Crippen LogP contribution in [0, 0.1) is 0 Å². The first-order chi connectivity index (χ1) is 7.99. The molecule has 0 fully saturated rings. The van der Waals surface area contributed by atoms with Gasteiger partial charge in [0.2, 0.25) is 0 Å². The summed E-state index contributed by atoms with van der Waals surface area (Å²) in [6.07, 6.45) is 0. The molecule has 0 aliphatic carbocycles. The summed E-state index contributed by atoms with van der Waals surface area (Å²) in [4.78, 5) is 11.4. The standard InChI is InChI=1S/C10H8Br2F2O3/c1-16-9(15)6-2-5(4-11)3-7(8(6)12)17-10(13)14/h2-3,10H,4H2,1H3. The van der Waals surface area contributed by atoms with Crippen LogP contribution in [0.3, 0.4) is 0 Å². The van der Waals surface area contributed by atoms with Gasteiger partial charge in [-0.1, -0.05) is 15.9 Å². The second-order valence-corrected chi connectivity index (χ2v) is 4.31. The lowest BCUT2D eigenvalue weighted by Crippen LogP contribution is -2.08. The fourth-order valence-electron chi connectivity index (χ4n) is 1.17. The van der Waals surface area contributed by atoms with E-state index >= 15 is 0 Å². The minimum absolute atomic E-state index is 0.0997. The van der Waals surface area contributed by atoms with Gasteiger partial charge < -0.3 is 9.47 Å². The van der Waals surface area contributed by atoms with E-state index < -0.39 is 12.6 Å². The number of esters is 1. The van der Waals surface area contributed by atoms with Gasteiger partial charge in [-0.2, -0.15) is 8.78 Å². The molecule has 1 rings (SSSR count). The van der Waals surface area contributed by atoms with Crippen LogP contribution in [-0.2, 0) is 10.1 Å². The normalized spacial score (nSPS) is 10.5. The summed E-state index contributed by atoms with van der Waals surface area (Å²) in [6, 6.07) is 2.94. The molecule has 1 aromatic carbocycles. The highest BCUT2D eigenvalue weighted by Gasteiger charge is 2.18. The third-order valence-electron chi connectivity index (χ3n) is 1.87. The van der Waals surface area contributed by atoms with E-state index in [-0.39, 0.29) is 15.8 Å². The molecule has 0 saturated heterocycles. The number of hydrogen-bond donors (Lipinski definition) is 0. The number of hydrogen-bond acceptors (Lipinski definition) is 3. The number of halogens is 4. The molecule has 94 valence electrons. The fraction of sp³-hybridized carbons (Fsp3) is 0.300. The van der Waals surface area contributed by atoms with Crippen molar-refractivity contribution in [3.05, 3.63) is 27.7 Å². The van der Waals surface area contributed by atoms with Crippen LogP contribution < -0.4 is 4.74 Å². The van der Waals surface area contributed by atoms with E-state index in [1.54, 1.807) is 0 Å². The second-order valence-electron chi connectivity index (χ2n) is 2.96. The molecule has 0 aliphatic heterocycles. The topological polar surface area (TPSA) is 35.5 Å². The van der Waals surface area contributed by atoms with Crippen molar-refractivity contribution in [2.45, 2.75) is 11.9 Å². The van der Waals surface area contributed by atoms with Crippen molar-refractivity contribution in [1.29, 1.82) is 0 Å². The Balaban J connectivity index is 3.25. The zero-order valence-electron chi connectivity index (χ0n) is 8.68. The van der Waals surface area contributed by atoms with Crippen LogP contribution in [0.1, 0.15) is 15.9 Å². The quantitative estimate of drug-likeness (QED) is 0.595. The molecule has 0 atom stereocenters. The fourth-order valence-corrected chi connectivity index (χ4v) is 1.98. The van der Waals surface area contributed by atoms with Crippen LogP contribution in [0.25, 0.3) is 0 Å². The molecular formula is C10H8Br2F2O3. The highest BCUT2D eigenvalue weighted by atomic mass is 79.9. The first kappa shape index (κ1) is 14.4. The molecule has 0 radical (unpaired) electrons. The summed E-state index contributed by atoms with van der Waals surface area (Å²) >= 11 is 6.22. The average molecular weight is 374 g/mol. The Morgan fingerprint density at radius 3 is 2.59 bits per heavy atom. The molecule has 0 heterocycles. The summed E-state index contributed by atoms with van der Waals surface area (Å²) in [5.41, 5.74) is 0.768. The number of benzene rings is 1. The predicted molar refractivity (Wildman–Crippen MR) is 64.7 cm³/mol. The third kappa shape index (κ3) is 3.64. The van der Waals surface area contributed by atoms with Crippen molar-refractivity contribution in [3.63, 3.8) is 0 Å². The van der Waals surface area contributed by atoms with Gasteiger partial charge in [-0.3, -0.25) is 0 Å². The lowest BCUT2D eigenvalue weighted by Gasteiger charge is -2.11. The average Bonchev–Trinajstić information content (AvgIpc) is 2.30. The molecule has 17 heavy (non-hydrogen) atoms. The number of rotatable bonds is 4. The number of alkyl halides is 3. The Kier molecular flexibility index (Phi) is 5.32. The number of carbonyl (C=O) groups excluding carboxylic acids is 1. The maximum absolute atomic E-state index is 12.2. The lowest BCUT2D eigenvalue weighted by atomic mass is 10.1. The largest absolute Gasteiger partial charge is 0.465 e. The van der Waals surface area contributed by atoms with Crippen LogP contribution in [0.5, 0.6) is 5.75 Å². The van der Waals surface area contributed by atoms with E-state index in [1.165, 1.54) is 19.2 Å². The summed E-state index contributed by atoms with van der Waals surface area (Å²) < 4.78 is 33.4. The van der Waals surface area contributed by atoms with Crippen molar-refractivity contribution in [3.8, 4) is 5.75 Å². The predicted octanol–water partition coefficient (Wildman–Crippen LogP) is 3.73. The lowest BCUT2D eigenvalue weighted by molar-refractivity contribution is -0.0504. The van der Waals surface area contributed by atoms with E-state index in [0.717, 1.165) is 0 Å². The Morgan fingerprint density at radius 1 is 1.47 bits per heavy atom. The van der Waals surface area contributed by atoms with Gasteiger partial charge in [0.05, 0.1) is 17.1 Å². The van der Waals surface area contributed by atoms with Gasteiger partial charge >= 0.3 is 12.6 Å². The molecule has 0 unspecified atom stereocenters. The second kappa shape index (κ2) is 6.30. The van der Waals surface area contributed by atoms with Gasteiger partial charge in [0.25, 0.3) is 0 Å². The van der Waals surface area contributed by atoms with Crippen molar-refractivity contribution in [2.24, 2.45) is 0 Å². The molecule has 7 heteroatoms. The van der Waals surface area contributed by atoms with E-state index in [9.17, 15) is 13.6 Å². The van der Waals surface area contributed by atoms with Crippen LogP contribution in [0.15, 0.2) is 16.6 Å². The molecular weight excluding hydrogens is 366 g/mol. The van der Waals surface area contributed by atoms with Crippen molar-refractivity contribution in [2.75, 3.05) is 7.11 Å². The van der Waals surface area contributed by atoms with Crippen LogP contribution in [-0.4, -0.2) is 19.7 Å². The molecule has 0 saturated carbocycles. The van der Waals surface area contributed by atoms with Crippen LogP contribution >= 0.6 is 31.9 Å². The minimum Gasteiger partial charge on any atom is -0.465 e. The maximum atomic E-state index is 12.2. The molecule has 3 nitrogen and oxygen atoms in total. The van der Waals surface area contributed by atoms with Gasteiger partial charge in [0.1, 0.15) is 5.75 Å². The first-order valence-electron chi connectivity index (χ1n) is 4.41. The Bertz CT molecular complexity index is 424. The Morgan fingerprint density at radius 2 is 2.12 bits per heavy atom. The summed E-state index contributed by atoms with van der Waals surface area (Å²) in [7, 11) is 1.21. The van der Waals surface area contributed by atoms with E-state index in [0.29, 0.717) is 10.9 Å². The zero-order chi connectivity index (χ0) is 13.0. The third-order valence-corrected chi connectivity index (χ3v) is 3.34. The van der Waals surface area contributed by atoms with Crippen molar-refractivity contribution < 1.29 is 23.0 Å². The van der Waals surface area contributed by atoms with Crippen molar-refractivity contribution >= 4 is 37.8 Å². The molecule has 1 aromatic rings. The maximum Gasteiger partial charge on any atom is 0.387 e. The smallest absolute Gasteiger partial charge is 0.387 e.